The fourth-order valence-corrected chi connectivity index (χ4v) is 1.58. The first-order chi connectivity index (χ1) is 7.24. The van der Waals surface area contributed by atoms with Gasteiger partial charge in [0.25, 0.3) is 0 Å². The number of amides is 2. The van der Waals surface area contributed by atoms with Crippen molar-refractivity contribution >= 4 is 11.8 Å². The van der Waals surface area contributed by atoms with E-state index in [9.17, 15) is 9.59 Å². The second kappa shape index (κ2) is 6.40. The Morgan fingerprint density at radius 1 is 1.27 bits per heavy atom. The van der Waals surface area contributed by atoms with Gasteiger partial charge in [-0.2, -0.15) is 0 Å². The van der Waals surface area contributed by atoms with Crippen LogP contribution in [0.1, 0.15) is 25.7 Å². The molecular formula is C10H18N2O3. The molecule has 0 atom stereocenters. The van der Waals surface area contributed by atoms with Crippen molar-refractivity contribution < 1.29 is 14.7 Å². The van der Waals surface area contributed by atoms with Crippen LogP contribution in [0.2, 0.25) is 0 Å². The number of carbonyl (C=O) groups is 2. The van der Waals surface area contributed by atoms with E-state index in [0.29, 0.717) is 6.42 Å². The second-order valence-corrected chi connectivity index (χ2v) is 3.69. The molecule has 15 heavy (non-hydrogen) atoms. The number of likely N-dealkylation sites (tertiary alicyclic amines) is 1. The zero-order chi connectivity index (χ0) is 11.1. The van der Waals surface area contributed by atoms with Gasteiger partial charge in [-0.15, -0.1) is 0 Å². The van der Waals surface area contributed by atoms with E-state index in [1.54, 1.807) is 4.90 Å². The standard InChI is InChI=1S/C10H18N2O3/c13-7-3-4-9(14)11-8-10(15)12-5-1-2-6-12/h13H,1-8H2,(H,11,14). The normalized spacial score (nSPS) is 15.4. The van der Waals surface area contributed by atoms with Crippen LogP contribution in [0.15, 0.2) is 0 Å². The molecule has 0 aromatic carbocycles. The van der Waals surface area contributed by atoms with Gasteiger partial charge in [-0.05, 0) is 19.3 Å². The molecule has 0 spiro atoms. The van der Waals surface area contributed by atoms with E-state index in [1.165, 1.54) is 0 Å². The van der Waals surface area contributed by atoms with E-state index >= 15 is 0 Å². The summed E-state index contributed by atoms with van der Waals surface area (Å²) in [6.07, 6.45) is 2.85. The smallest absolute Gasteiger partial charge is 0.241 e. The van der Waals surface area contributed by atoms with Crippen molar-refractivity contribution in [3.63, 3.8) is 0 Å². The highest BCUT2D eigenvalue weighted by Crippen LogP contribution is 2.06. The Kier molecular flexibility index (Phi) is 5.10. The van der Waals surface area contributed by atoms with Gasteiger partial charge in [-0.1, -0.05) is 0 Å². The molecule has 0 bridgehead atoms. The molecule has 5 heteroatoms. The van der Waals surface area contributed by atoms with Crippen molar-refractivity contribution in [3.05, 3.63) is 0 Å². The van der Waals surface area contributed by atoms with Crippen molar-refractivity contribution in [1.82, 2.24) is 10.2 Å². The summed E-state index contributed by atoms with van der Waals surface area (Å²) in [4.78, 5) is 24.4. The minimum atomic E-state index is -0.170. The number of hydrogen-bond acceptors (Lipinski definition) is 3. The van der Waals surface area contributed by atoms with Gasteiger partial charge in [0.15, 0.2) is 0 Å². The molecule has 0 aromatic heterocycles. The van der Waals surface area contributed by atoms with E-state index < -0.39 is 0 Å². The molecule has 0 saturated carbocycles. The topological polar surface area (TPSA) is 69.6 Å². The summed E-state index contributed by atoms with van der Waals surface area (Å²) in [6, 6.07) is 0. The molecule has 86 valence electrons. The SMILES string of the molecule is O=C(CCCO)NCC(=O)N1CCCC1. The van der Waals surface area contributed by atoms with Gasteiger partial charge in [0.05, 0.1) is 6.54 Å². The maximum absolute atomic E-state index is 11.5. The third-order valence-electron chi connectivity index (χ3n) is 2.46. The monoisotopic (exact) mass is 214 g/mol. The number of rotatable bonds is 5. The fourth-order valence-electron chi connectivity index (χ4n) is 1.58. The van der Waals surface area contributed by atoms with Crippen LogP contribution in [0, 0.1) is 0 Å². The number of aliphatic hydroxyl groups is 1. The van der Waals surface area contributed by atoms with E-state index in [1.807, 2.05) is 0 Å². The molecular weight excluding hydrogens is 196 g/mol. The molecule has 1 fully saturated rings. The van der Waals surface area contributed by atoms with Gasteiger partial charge >= 0.3 is 0 Å². The van der Waals surface area contributed by atoms with Gasteiger partial charge in [-0.3, -0.25) is 9.59 Å². The lowest BCUT2D eigenvalue weighted by Crippen LogP contribution is -2.38. The van der Waals surface area contributed by atoms with Gasteiger partial charge < -0.3 is 15.3 Å². The molecule has 2 amide bonds. The van der Waals surface area contributed by atoms with Gasteiger partial charge in [0.2, 0.25) is 11.8 Å². The van der Waals surface area contributed by atoms with Crippen LogP contribution in [0.4, 0.5) is 0 Å². The van der Waals surface area contributed by atoms with Gasteiger partial charge in [0.1, 0.15) is 0 Å². The van der Waals surface area contributed by atoms with Crippen molar-refractivity contribution in [1.29, 1.82) is 0 Å². The quantitative estimate of drug-likeness (QED) is 0.648. The van der Waals surface area contributed by atoms with E-state index in [2.05, 4.69) is 5.32 Å². The first-order valence-corrected chi connectivity index (χ1v) is 5.39. The summed E-state index contributed by atoms with van der Waals surface area (Å²) in [5, 5.41) is 11.1. The minimum Gasteiger partial charge on any atom is -0.396 e. The summed E-state index contributed by atoms with van der Waals surface area (Å²) in [6.45, 7) is 1.72. The number of hydrogen-bond donors (Lipinski definition) is 2. The average Bonchev–Trinajstić information content (AvgIpc) is 2.76. The van der Waals surface area contributed by atoms with Crippen LogP contribution in [-0.4, -0.2) is 48.1 Å². The maximum atomic E-state index is 11.5. The summed E-state index contributed by atoms with van der Waals surface area (Å²) in [7, 11) is 0. The van der Waals surface area contributed by atoms with E-state index in [-0.39, 0.29) is 31.4 Å². The predicted octanol–water partition coefficient (Wildman–Crippen LogP) is -0.503. The highest BCUT2D eigenvalue weighted by molar-refractivity contribution is 5.84. The Morgan fingerprint density at radius 2 is 1.93 bits per heavy atom. The molecule has 1 saturated heterocycles. The third-order valence-corrected chi connectivity index (χ3v) is 2.46. The Balaban J connectivity index is 2.12. The molecule has 1 aliphatic rings. The summed E-state index contributed by atoms with van der Waals surface area (Å²) in [5.74, 6) is -0.179. The van der Waals surface area contributed by atoms with E-state index in [0.717, 1.165) is 25.9 Å². The highest BCUT2D eigenvalue weighted by Gasteiger charge is 2.17. The maximum Gasteiger partial charge on any atom is 0.241 e. The molecule has 1 rings (SSSR count). The first-order valence-electron chi connectivity index (χ1n) is 5.39. The molecule has 0 aliphatic carbocycles. The minimum absolute atomic E-state index is 0.00743. The summed E-state index contributed by atoms with van der Waals surface area (Å²) < 4.78 is 0. The van der Waals surface area contributed by atoms with E-state index in [4.69, 9.17) is 5.11 Å². The van der Waals surface area contributed by atoms with Crippen LogP contribution >= 0.6 is 0 Å². The lowest BCUT2D eigenvalue weighted by molar-refractivity contribution is -0.132. The van der Waals surface area contributed by atoms with Crippen LogP contribution in [0.5, 0.6) is 0 Å². The lowest BCUT2D eigenvalue weighted by atomic mass is 10.3. The average molecular weight is 214 g/mol. The number of aliphatic hydroxyl groups excluding tert-OH is 1. The Bertz CT molecular complexity index is 225. The molecule has 1 aliphatic heterocycles. The number of nitrogens with one attached hydrogen (secondary N) is 1. The predicted molar refractivity (Wildman–Crippen MR) is 55.1 cm³/mol. The molecule has 1 heterocycles. The number of carbonyl (C=O) groups excluding carboxylic acids is 2. The molecule has 0 radical (unpaired) electrons. The van der Waals surface area contributed by atoms with Crippen molar-refractivity contribution in [3.8, 4) is 0 Å². The van der Waals surface area contributed by atoms with Crippen molar-refractivity contribution in [2.24, 2.45) is 0 Å². The van der Waals surface area contributed by atoms with Crippen LogP contribution < -0.4 is 5.32 Å². The molecule has 2 N–H and O–H groups in total. The third kappa shape index (κ3) is 4.29. The van der Waals surface area contributed by atoms with Crippen LogP contribution in [0.3, 0.4) is 0 Å². The Morgan fingerprint density at radius 3 is 2.53 bits per heavy atom. The van der Waals surface area contributed by atoms with Crippen molar-refractivity contribution in [2.45, 2.75) is 25.7 Å². The molecule has 0 aromatic rings. The zero-order valence-electron chi connectivity index (χ0n) is 8.87. The van der Waals surface area contributed by atoms with Crippen LogP contribution in [0.25, 0.3) is 0 Å². The molecule has 5 nitrogen and oxygen atoms in total. The van der Waals surface area contributed by atoms with Gasteiger partial charge in [-0.25, -0.2) is 0 Å². The highest BCUT2D eigenvalue weighted by atomic mass is 16.3. The van der Waals surface area contributed by atoms with Gasteiger partial charge in [0, 0.05) is 26.1 Å². The number of nitrogens with zero attached hydrogens (tertiary/aromatic N) is 1. The zero-order valence-corrected chi connectivity index (χ0v) is 8.87. The first kappa shape index (κ1) is 12.0. The second-order valence-electron chi connectivity index (χ2n) is 3.69. The summed E-state index contributed by atoms with van der Waals surface area (Å²) >= 11 is 0. The fraction of sp³-hybridized carbons (Fsp3) is 0.800. The largest absolute Gasteiger partial charge is 0.396 e. The van der Waals surface area contributed by atoms with Crippen molar-refractivity contribution in [2.75, 3.05) is 26.2 Å². The Hall–Kier alpha value is -1.10. The summed E-state index contributed by atoms with van der Waals surface area (Å²) in [5.41, 5.74) is 0. The van der Waals surface area contributed by atoms with Crippen LogP contribution in [-0.2, 0) is 9.59 Å². The Labute approximate surface area is 89.4 Å². The lowest BCUT2D eigenvalue weighted by Gasteiger charge is -2.15. The molecule has 0 unspecified atom stereocenters.